The molecule has 0 saturated heterocycles. The summed E-state index contributed by atoms with van der Waals surface area (Å²) in [5, 5.41) is 0. The number of esters is 2. The van der Waals surface area contributed by atoms with E-state index < -0.39 is 35.6 Å². The molecule has 0 aromatic carbocycles. The molecule has 0 aromatic rings. The van der Waals surface area contributed by atoms with Gasteiger partial charge in [0.2, 0.25) is 0 Å². The van der Waals surface area contributed by atoms with Crippen LogP contribution in [0.4, 0.5) is 13.2 Å². The topological polar surface area (TPSA) is 52.6 Å². The summed E-state index contributed by atoms with van der Waals surface area (Å²) >= 11 is 0. The smallest absolute Gasteiger partial charge is 0.389 e. The molecular weight excluding hydrogens is 349 g/mol. The van der Waals surface area contributed by atoms with Crippen molar-refractivity contribution >= 4 is 11.9 Å². The maximum absolute atomic E-state index is 12.7. The van der Waals surface area contributed by atoms with Crippen LogP contribution in [-0.2, 0) is 19.1 Å². The average Bonchev–Trinajstić information content (AvgIpc) is 2.48. The zero-order chi connectivity index (χ0) is 19.2. The number of carbonyl (C=O) groups is 2. The molecule has 0 radical (unpaired) electrons. The number of rotatable bonds is 6. The quantitative estimate of drug-likeness (QED) is 0.394. The van der Waals surface area contributed by atoms with Crippen molar-refractivity contribution in [3.05, 3.63) is 12.2 Å². The van der Waals surface area contributed by atoms with Crippen molar-refractivity contribution in [2.24, 2.45) is 17.3 Å². The van der Waals surface area contributed by atoms with E-state index in [1.807, 2.05) is 0 Å². The Hall–Kier alpha value is -1.53. The third-order valence-corrected chi connectivity index (χ3v) is 5.94. The van der Waals surface area contributed by atoms with Crippen molar-refractivity contribution < 1.29 is 32.2 Å². The van der Waals surface area contributed by atoms with E-state index in [0.717, 1.165) is 19.3 Å². The van der Waals surface area contributed by atoms with E-state index >= 15 is 0 Å². The molecule has 4 aliphatic rings. The molecular formula is C19H25F3O4. The number of hydrogen-bond donors (Lipinski definition) is 0. The molecule has 2 unspecified atom stereocenters. The summed E-state index contributed by atoms with van der Waals surface area (Å²) in [5.74, 6) is -0.293. The molecule has 0 N–H and O–H groups in total. The first kappa shape index (κ1) is 19.2. The van der Waals surface area contributed by atoms with E-state index in [2.05, 4.69) is 6.58 Å². The minimum atomic E-state index is -4.24. The van der Waals surface area contributed by atoms with Crippen LogP contribution in [0.2, 0.25) is 0 Å². The maximum Gasteiger partial charge on any atom is 0.389 e. The Bertz CT molecular complexity index is 596. The predicted molar refractivity (Wildman–Crippen MR) is 87.0 cm³/mol. The SMILES string of the molecule is C=C(C)C(=O)OC12CC3CC(C1)CC(C(=O)OCCCC(F)(F)F)(C3)C2. The molecule has 26 heavy (non-hydrogen) atoms. The van der Waals surface area contributed by atoms with Gasteiger partial charge in [0.25, 0.3) is 0 Å². The highest BCUT2D eigenvalue weighted by Crippen LogP contribution is 2.63. The summed E-state index contributed by atoms with van der Waals surface area (Å²) in [7, 11) is 0. The van der Waals surface area contributed by atoms with Gasteiger partial charge in [-0.2, -0.15) is 13.2 Å². The van der Waals surface area contributed by atoms with Crippen LogP contribution in [0.15, 0.2) is 12.2 Å². The zero-order valence-corrected chi connectivity index (χ0v) is 15.0. The lowest BCUT2D eigenvalue weighted by atomic mass is 9.48. The highest BCUT2D eigenvalue weighted by Gasteiger charge is 2.63. The first-order valence-corrected chi connectivity index (χ1v) is 9.15. The van der Waals surface area contributed by atoms with Gasteiger partial charge >= 0.3 is 18.1 Å². The molecule has 7 heteroatoms. The second-order valence-corrected chi connectivity index (χ2v) is 8.45. The van der Waals surface area contributed by atoms with Crippen LogP contribution in [0, 0.1) is 17.3 Å². The summed E-state index contributed by atoms with van der Waals surface area (Å²) < 4.78 is 47.7. The molecule has 4 aliphatic carbocycles. The van der Waals surface area contributed by atoms with Crippen molar-refractivity contribution in [1.29, 1.82) is 0 Å². The van der Waals surface area contributed by atoms with Crippen LogP contribution in [0.3, 0.4) is 0 Å². The third-order valence-electron chi connectivity index (χ3n) is 5.94. The lowest BCUT2D eigenvalue weighted by molar-refractivity contribution is -0.210. The van der Waals surface area contributed by atoms with E-state index in [1.165, 1.54) is 0 Å². The van der Waals surface area contributed by atoms with E-state index in [-0.39, 0.29) is 24.9 Å². The van der Waals surface area contributed by atoms with E-state index in [9.17, 15) is 22.8 Å². The molecule has 2 atom stereocenters. The van der Waals surface area contributed by atoms with Gasteiger partial charge in [-0.1, -0.05) is 6.58 Å². The van der Waals surface area contributed by atoms with Crippen molar-refractivity contribution in [2.45, 2.75) is 70.1 Å². The molecule has 4 saturated carbocycles. The van der Waals surface area contributed by atoms with Crippen molar-refractivity contribution in [3.63, 3.8) is 0 Å². The van der Waals surface area contributed by atoms with Crippen LogP contribution >= 0.6 is 0 Å². The monoisotopic (exact) mass is 374 g/mol. The van der Waals surface area contributed by atoms with Crippen molar-refractivity contribution in [3.8, 4) is 0 Å². The van der Waals surface area contributed by atoms with Crippen LogP contribution in [-0.4, -0.2) is 30.3 Å². The Morgan fingerprint density at radius 1 is 1.15 bits per heavy atom. The van der Waals surface area contributed by atoms with Gasteiger partial charge in [0, 0.05) is 18.4 Å². The summed E-state index contributed by atoms with van der Waals surface area (Å²) in [5.41, 5.74) is -1.06. The number of carbonyl (C=O) groups excluding carboxylic acids is 2. The number of ether oxygens (including phenoxy) is 2. The van der Waals surface area contributed by atoms with Crippen LogP contribution in [0.5, 0.6) is 0 Å². The minimum absolute atomic E-state index is 0.228. The fraction of sp³-hybridized carbons (Fsp3) is 0.789. The molecule has 4 rings (SSSR count). The maximum atomic E-state index is 12.7. The molecule has 0 amide bonds. The van der Waals surface area contributed by atoms with Crippen LogP contribution < -0.4 is 0 Å². The van der Waals surface area contributed by atoms with Gasteiger partial charge in [0.05, 0.1) is 12.0 Å². The van der Waals surface area contributed by atoms with E-state index in [1.54, 1.807) is 6.92 Å². The predicted octanol–water partition coefficient (Wildman–Crippen LogP) is 4.33. The van der Waals surface area contributed by atoms with Crippen LogP contribution in [0.1, 0.15) is 58.3 Å². The highest BCUT2D eigenvalue weighted by molar-refractivity contribution is 5.87. The summed E-state index contributed by atoms with van der Waals surface area (Å²) in [6.45, 7) is 4.98. The van der Waals surface area contributed by atoms with Gasteiger partial charge in [-0.05, 0) is 57.3 Å². The Morgan fingerprint density at radius 3 is 2.31 bits per heavy atom. The Morgan fingerprint density at radius 2 is 1.77 bits per heavy atom. The minimum Gasteiger partial charge on any atom is -0.465 e. The molecule has 0 heterocycles. The van der Waals surface area contributed by atoms with Crippen molar-refractivity contribution in [2.75, 3.05) is 6.61 Å². The summed E-state index contributed by atoms with van der Waals surface area (Å²) in [6.07, 6.45) is -1.18. The fourth-order valence-corrected chi connectivity index (χ4v) is 5.41. The second-order valence-electron chi connectivity index (χ2n) is 8.45. The summed E-state index contributed by atoms with van der Waals surface area (Å²) in [6, 6.07) is 0. The molecule has 4 bridgehead atoms. The lowest BCUT2D eigenvalue weighted by Gasteiger charge is -2.59. The van der Waals surface area contributed by atoms with E-state index in [4.69, 9.17) is 9.47 Å². The van der Waals surface area contributed by atoms with Gasteiger partial charge in [0.1, 0.15) is 5.60 Å². The van der Waals surface area contributed by atoms with Crippen molar-refractivity contribution in [1.82, 2.24) is 0 Å². The van der Waals surface area contributed by atoms with E-state index in [0.29, 0.717) is 24.8 Å². The number of halogens is 3. The Labute approximate surface area is 151 Å². The normalized spacial score (nSPS) is 35.2. The van der Waals surface area contributed by atoms with Gasteiger partial charge in [-0.3, -0.25) is 4.79 Å². The zero-order valence-electron chi connectivity index (χ0n) is 15.0. The lowest BCUT2D eigenvalue weighted by Crippen LogP contribution is -2.60. The highest BCUT2D eigenvalue weighted by atomic mass is 19.4. The largest absolute Gasteiger partial charge is 0.465 e. The first-order valence-electron chi connectivity index (χ1n) is 9.15. The standard InChI is InChI=1S/C19H25F3O4/c1-12(2)15(23)26-18-9-13-6-14(10-18)8-17(7-13,11-18)16(24)25-5-3-4-19(20,21)22/h13-14H,1,3-11H2,2H3. The van der Waals surface area contributed by atoms with Crippen LogP contribution in [0.25, 0.3) is 0 Å². The fourth-order valence-electron chi connectivity index (χ4n) is 5.41. The molecule has 0 aliphatic heterocycles. The molecule has 4 nitrogen and oxygen atoms in total. The molecule has 4 fully saturated rings. The van der Waals surface area contributed by atoms with Gasteiger partial charge < -0.3 is 9.47 Å². The second kappa shape index (κ2) is 6.57. The number of hydrogen-bond acceptors (Lipinski definition) is 4. The summed E-state index contributed by atoms with van der Waals surface area (Å²) in [4.78, 5) is 24.8. The first-order chi connectivity index (χ1) is 12.0. The molecule has 146 valence electrons. The number of alkyl halides is 3. The molecule has 0 spiro atoms. The van der Waals surface area contributed by atoms with Gasteiger partial charge in [0.15, 0.2) is 0 Å². The van der Waals surface area contributed by atoms with Gasteiger partial charge in [-0.25, -0.2) is 4.79 Å². The Kier molecular flexibility index (Phi) is 4.86. The molecule has 0 aromatic heterocycles. The van der Waals surface area contributed by atoms with Gasteiger partial charge in [-0.15, -0.1) is 0 Å². The Balaban J connectivity index is 1.66. The average molecular weight is 374 g/mol. The third kappa shape index (κ3) is 3.91.